The van der Waals surface area contributed by atoms with Crippen LogP contribution >= 0.6 is 11.3 Å². The first kappa shape index (κ1) is 16.7. The molecule has 4 rings (SSSR count). The fraction of sp³-hybridized carbons (Fsp3) is 0.263. The maximum Gasteiger partial charge on any atom is 0.282 e. The summed E-state index contributed by atoms with van der Waals surface area (Å²) in [6.45, 7) is 4.17. The van der Waals surface area contributed by atoms with E-state index in [1.165, 1.54) is 11.3 Å². The number of carbonyl (C=O) groups excluding carboxylic acids is 1. The number of para-hydroxylation sites is 1. The number of aryl methyl sites for hydroxylation is 2. The molecule has 0 unspecified atom stereocenters. The molecule has 1 amide bonds. The van der Waals surface area contributed by atoms with E-state index in [1.54, 1.807) is 33.2 Å². The van der Waals surface area contributed by atoms with Gasteiger partial charge in [-0.3, -0.25) is 9.69 Å². The fourth-order valence-corrected chi connectivity index (χ4v) is 4.19. The van der Waals surface area contributed by atoms with Crippen molar-refractivity contribution in [2.45, 2.75) is 25.7 Å². The molecule has 1 aromatic carbocycles. The van der Waals surface area contributed by atoms with Crippen LogP contribution in [0.25, 0.3) is 5.69 Å². The highest BCUT2D eigenvalue weighted by molar-refractivity contribution is 7.16. The van der Waals surface area contributed by atoms with Gasteiger partial charge in [0.25, 0.3) is 5.91 Å². The van der Waals surface area contributed by atoms with Crippen LogP contribution in [-0.2, 0) is 12.8 Å². The predicted octanol–water partition coefficient (Wildman–Crippen LogP) is 3.44. The van der Waals surface area contributed by atoms with Gasteiger partial charge >= 0.3 is 0 Å². The Morgan fingerprint density at radius 2 is 2.08 bits per heavy atom. The predicted molar refractivity (Wildman–Crippen MR) is 102 cm³/mol. The largest absolute Gasteiger partial charge is 0.282 e. The number of anilines is 1. The van der Waals surface area contributed by atoms with E-state index in [1.807, 2.05) is 30.3 Å². The third kappa shape index (κ3) is 3.17. The summed E-state index contributed by atoms with van der Waals surface area (Å²) in [5, 5.41) is 8.87. The second kappa shape index (κ2) is 7.21. The van der Waals surface area contributed by atoms with Crippen LogP contribution < -0.4 is 4.90 Å². The van der Waals surface area contributed by atoms with Crippen LogP contribution in [0.1, 0.15) is 33.9 Å². The summed E-state index contributed by atoms with van der Waals surface area (Å²) in [5.41, 5.74) is 2.29. The lowest BCUT2D eigenvalue weighted by molar-refractivity contribution is 0.0985. The van der Waals surface area contributed by atoms with Gasteiger partial charge in [-0.15, -0.1) is 23.0 Å². The Hall–Kier alpha value is -2.80. The molecule has 0 spiro atoms. The first-order valence-corrected chi connectivity index (χ1v) is 9.47. The Bertz CT molecular complexity index is 907. The van der Waals surface area contributed by atoms with E-state index >= 15 is 0 Å². The minimum atomic E-state index is -0.210. The minimum absolute atomic E-state index is 0.210. The van der Waals surface area contributed by atoms with E-state index in [0.717, 1.165) is 35.8 Å². The van der Waals surface area contributed by atoms with E-state index in [4.69, 9.17) is 4.98 Å². The van der Waals surface area contributed by atoms with Crippen molar-refractivity contribution in [3.63, 3.8) is 0 Å². The molecule has 0 bridgehead atoms. The van der Waals surface area contributed by atoms with Gasteiger partial charge in [0.15, 0.2) is 10.8 Å². The zero-order valence-electron chi connectivity index (χ0n) is 14.3. The van der Waals surface area contributed by atoms with Crippen molar-refractivity contribution >= 4 is 22.4 Å². The van der Waals surface area contributed by atoms with Gasteiger partial charge in [-0.25, -0.2) is 9.67 Å². The second-order valence-electron chi connectivity index (χ2n) is 6.16. The highest BCUT2D eigenvalue weighted by Gasteiger charge is 2.25. The molecule has 0 aliphatic heterocycles. The molecule has 0 N–H and O–H groups in total. The molecule has 2 heterocycles. The number of rotatable bonds is 5. The highest BCUT2D eigenvalue weighted by Crippen LogP contribution is 2.32. The van der Waals surface area contributed by atoms with E-state index in [9.17, 15) is 4.79 Å². The van der Waals surface area contributed by atoms with Crippen molar-refractivity contribution in [1.82, 2.24) is 20.0 Å². The first-order chi connectivity index (χ1) is 12.8. The number of benzene rings is 1. The number of amides is 1. The summed E-state index contributed by atoms with van der Waals surface area (Å²) < 4.78 is 1.60. The third-order valence-corrected chi connectivity index (χ3v) is 5.54. The monoisotopic (exact) mass is 365 g/mol. The summed E-state index contributed by atoms with van der Waals surface area (Å²) in [6, 6.07) is 9.60. The van der Waals surface area contributed by atoms with Crippen LogP contribution in [0.15, 0.2) is 49.2 Å². The molecule has 0 saturated carbocycles. The molecule has 1 aliphatic carbocycles. The number of hydrogen-bond donors (Lipinski definition) is 0. The number of thiazole rings is 1. The van der Waals surface area contributed by atoms with Crippen LogP contribution in [0.3, 0.4) is 0 Å². The van der Waals surface area contributed by atoms with Crippen molar-refractivity contribution in [1.29, 1.82) is 0 Å². The van der Waals surface area contributed by atoms with Gasteiger partial charge in [-0.2, -0.15) is 0 Å². The molecule has 0 atom stereocenters. The lowest BCUT2D eigenvalue weighted by atomic mass is 10.0. The van der Waals surface area contributed by atoms with E-state index in [0.29, 0.717) is 12.2 Å². The van der Waals surface area contributed by atoms with E-state index < -0.39 is 0 Å². The SMILES string of the molecule is C=CCN(C(=O)c1cn(-c2ccccc2)nn1)c1nc2c(s1)CCCC2. The Balaban J connectivity index is 1.63. The van der Waals surface area contributed by atoms with Crippen molar-refractivity contribution in [2.75, 3.05) is 11.4 Å². The van der Waals surface area contributed by atoms with Crippen molar-refractivity contribution < 1.29 is 4.79 Å². The van der Waals surface area contributed by atoms with Crippen molar-refractivity contribution in [2.24, 2.45) is 0 Å². The first-order valence-electron chi connectivity index (χ1n) is 8.65. The summed E-state index contributed by atoms with van der Waals surface area (Å²) in [7, 11) is 0. The van der Waals surface area contributed by atoms with Gasteiger partial charge in [0.1, 0.15) is 0 Å². The zero-order chi connectivity index (χ0) is 17.9. The van der Waals surface area contributed by atoms with Gasteiger partial charge in [0, 0.05) is 11.4 Å². The Morgan fingerprint density at radius 3 is 2.85 bits per heavy atom. The van der Waals surface area contributed by atoms with Crippen molar-refractivity contribution in [3.8, 4) is 5.69 Å². The molecule has 6 nitrogen and oxygen atoms in total. The lowest BCUT2D eigenvalue weighted by Crippen LogP contribution is -2.31. The maximum absolute atomic E-state index is 13.0. The lowest BCUT2D eigenvalue weighted by Gasteiger charge is -2.16. The van der Waals surface area contributed by atoms with Crippen LogP contribution in [-0.4, -0.2) is 32.4 Å². The highest BCUT2D eigenvalue weighted by atomic mass is 32.1. The van der Waals surface area contributed by atoms with Gasteiger partial charge < -0.3 is 0 Å². The Morgan fingerprint density at radius 1 is 1.27 bits per heavy atom. The van der Waals surface area contributed by atoms with E-state index in [2.05, 4.69) is 16.9 Å². The van der Waals surface area contributed by atoms with Gasteiger partial charge in [0.2, 0.25) is 0 Å². The molecular weight excluding hydrogens is 346 g/mol. The standard InChI is InChI=1S/C19H19N5OS/c1-2-12-23(19-20-15-10-6-7-11-17(15)26-19)18(25)16-13-24(22-21-16)14-8-4-3-5-9-14/h2-5,8-9,13H,1,6-7,10-12H2. The summed E-state index contributed by atoms with van der Waals surface area (Å²) in [4.78, 5) is 20.7. The molecule has 1 aliphatic rings. The Labute approximate surface area is 155 Å². The molecular formula is C19H19N5OS. The van der Waals surface area contributed by atoms with Crippen molar-refractivity contribution in [3.05, 3.63) is 65.4 Å². The minimum Gasteiger partial charge on any atom is -0.279 e. The molecule has 7 heteroatoms. The molecule has 26 heavy (non-hydrogen) atoms. The molecule has 0 radical (unpaired) electrons. The summed E-state index contributed by atoms with van der Waals surface area (Å²) in [5.74, 6) is -0.210. The number of fused-ring (bicyclic) bond motifs is 1. The number of nitrogens with zero attached hydrogens (tertiary/aromatic N) is 5. The molecule has 0 saturated heterocycles. The van der Waals surface area contributed by atoms with E-state index in [-0.39, 0.29) is 5.91 Å². The van der Waals surface area contributed by atoms with Crippen LogP contribution in [0.2, 0.25) is 0 Å². The molecule has 3 aromatic rings. The van der Waals surface area contributed by atoms with Gasteiger partial charge in [-0.1, -0.05) is 29.5 Å². The fourth-order valence-electron chi connectivity index (χ4n) is 3.04. The smallest absolute Gasteiger partial charge is 0.279 e. The number of aromatic nitrogens is 4. The maximum atomic E-state index is 13.0. The summed E-state index contributed by atoms with van der Waals surface area (Å²) >= 11 is 1.60. The number of carbonyl (C=O) groups is 1. The average molecular weight is 365 g/mol. The quantitative estimate of drug-likeness (QED) is 0.650. The summed E-state index contributed by atoms with van der Waals surface area (Å²) in [6.07, 6.45) is 7.76. The molecule has 0 fully saturated rings. The van der Waals surface area contributed by atoms with Gasteiger partial charge in [0.05, 0.1) is 17.6 Å². The normalized spacial score (nSPS) is 13.2. The third-order valence-electron chi connectivity index (χ3n) is 4.36. The van der Waals surface area contributed by atoms with Crippen LogP contribution in [0.4, 0.5) is 5.13 Å². The second-order valence-corrected chi connectivity index (χ2v) is 7.22. The Kier molecular flexibility index (Phi) is 4.62. The number of hydrogen-bond acceptors (Lipinski definition) is 5. The van der Waals surface area contributed by atoms with Crippen LogP contribution in [0.5, 0.6) is 0 Å². The van der Waals surface area contributed by atoms with Crippen LogP contribution in [0, 0.1) is 0 Å². The molecule has 132 valence electrons. The van der Waals surface area contributed by atoms with Gasteiger partial charge in [-0.05, 0) is 37.8 Å². The average Bonchev–Trinajstić information content (AvgIpc) is 3.33. The topological polar surface area (TPSA) is 63.9 Å². The zero-order valence-corrected chi connectivity index (χ0v) is 15.2. The molecule has 2 aromatic heterocycles.